The Morgan fingerprint density at radius 2 is 1.73 bits per heavy atom. The van der Waals surface area contributed by atoms with E-state index in [1.807, 2.05) is 0 Å². The van der Waals surface area contributed by atoms with E-state index in [0.717, 1.165) is 31.8 Å². The van der Waals surface area contributed by atoms with Gasteiger partial charge in [-0.25, -0.2) is 14.4 Å². The van der Waals surface area contributed by atoms with Crippen molar-refractivity contribution in [1.82, 2.24) is 10.6 Å². The Labute approximate surface area is 278 Å². The van der Waals surface area contributed by atoms with Gasteiger partial charge in [-0.3, -0.25) is 9.59 Å². The van der Waals surface area contributed by atoms with E-state index >= 15 is 0 Å². The van der Waals surface area contributed by atoms with Gasteiger partial charge in [0.25, 0.3) is 0 Å². The summed E-state index contributed by atoms with van der Waals surface area (Å²) in [5, 5.41) is 14.2. The number of aliphatic hydroxyl groups excluding tert-OH is 1. The molecule has 1 aromatic carbocycles. The number of carbonyl (C=O) groups is 5. The minimum Gasteiger partial charge on any atom is -0.462 e. The lowest BCUT2D eigenvalue weighted by Gasteiger charge is -2.31. The Bertz CT molecular complexity index is 1500. The van der Waals surface area contributed by atoms with Crippen molar-refractivity contribution >= 4 is 35.8 Å². The first-order valence-corrected chi connectivity index (χ1v) is 16.6. The topological polar surface area (TPSA) is 176 Å². The highest BCUT2D eigenvalue weighted by Gasteiger charge is 2.64. The van der Waals surface area contributed by atoms with Gasteiger partial charge < -0.3 is 39.4 Å². The molecule has 48 heavy (non-hydrogen) atoms. The minimum absolute atomic E-state index is 0.0376. The normalized spacial score (nSPS) is 27.1. The van der Waals surface area contributed by atoms with Crippen molar-refractivity contribution in [1.29, 1.82) is 0 Å². The summed E-state index contributed by atoms with van der Waals surface area (Å²) < 4.78 is 29.7. The van der Waals surface area contributed by atoms with E-state index in [0.29, 0.717) is 11.1 Å². The van der Waals surface area contributed by atoms with E-state index in [1.54, 1.807) is 44.2 Å². The molecule has 13 nitrogen and oxygen atoms in total. The molecule has 13 heteroatoms. The maximum Gasteiger partial charge on any atom is 0.348 e. The van der Waals surface area contributed by atoms with Crippen LogP contribution in [0.25, 0.3) is 6.08 Å². The predicted octanol–water partition coefficient (Wildman–Crippen LogP) is 1.97. The van der Waals surface area contributed by atoms with Crippen LogP contribution in [0, 0.1) is 17.3 Å². The van der Waals surface area contributed by atoms with Gasteiger partial charge in [-0.1, -0.05) is 32.0 Å². The van der Waals surface area contributed by atoms with Gasteiger partial charge in [0.15, 0.2) is 5.79 Å². The summed E-state index contributed by atoms with van der Waals surface area (Å²) in [7, 11) is 0. The molecule has 5 aliphatic rings. The summed E-state index contributed by atoms with van der Waals surface area (Å²) in [6.45, 7) is 3.71. The molecule has 2 aliphatic heterocycles. The zero-order valence-electron chi connectivity index (χ0n) is 27.1. The summed E-state index contributed by atoms with van der Waals surface area (Å²) in [6.07, 6.45) is 5.24. The maximum atomic E-state index is 13.7. The first-order chi connectivity index (χ1) is 23.0. The Hall–Kier alpha value is -4.07. The number of nitrogens with one attached hydrogen (secondary N) is 2. The molecule has 2 saturated carbocycles. The molecule has 2 saturated heterocycles. The number of ether oxygens (including phenoxy) is 5. The molecule has 1 aromatic rings. The van der Waals surface area contributed by atoms with Gasteiger partial charge >= 0.3 is 17.9 Å². The molecule has 0 bridgehead atoms. The number of rotatable bonds is 13. The third kappa shape index (κ3) is 7.32. The molecule has 0 aromatic heterocycles. The fourth-order valence-corrected chi connectivity index (χ4v) is 6.53. The number of fused-ring (bicyclic) bond motifs is 1. The molecule has 0 spiro atoms. The van der Waals surface area contributed by atoms with Gasteiger partial charge in [-0.05, 0) is 49.5 Å². The number of amides is 2. The molecular weight excluding hydrogens is 624 g/mol. The van der Waals surface area contributed by atoms with Gasteiger partial charge in [0.2, 0.25) is 17.9 Å². The lowest BCUT2D eigenvalue weighted by Crippen LogP contribution is -2.44. The highest BCUT2D eigenvalue weighted by atomic mass is 16.8. The molecular formula is C35H42N2O11. The van der Waals surface area contributed by atoms with Crippen LogP contribution >= 0.6 is 0 Å². The van der Waals surface area contributed by atoms with Crippen LogP contribution < -0.4 is 10.6 Å². The molecule has 3 aliphatic carbocycles. The maximum absolute atomic E-state index is 13.7. The van der Waals surface area contributed by atoms with E-state index in [2.05, 4.69) is 10.6 Å². The Morgan fingerprint density at radius 1 is 1.00 bits per heavy atom. The molecule has 4 unspecified atom stereocenters. The van der Waals surface area contributed by atoms with Crippen LogP contribution in [0.15, 0.2) is 42.0 Å². The molecule has 4 atom stereocenters. The zero-order chi connectivity index (χ0) is 34.1. The monoisotopic (exact) mass is 666 g/mol. The second-order valence-electron chi connectivity index (χ2n) is 13.7. The van der Waals surface area contributed by atoms with E-state index in [4.69, 9.17) is 28.8 Å². The summed E-state index contributed by atoms with van der Waals surface area (Å²) in [5.41, 5.74) is 0.270. The van der Waals surface area contributed by atoms with Crippen molar-refractivity contribution in [2.24, 2.45) is 17.3 Å². The number of hydrogen-bond acceptors (Lipinski definition) is 11. The molecule has 3 N–H and O–H groups in total. The van der Waals surface area contributed by atoms with E-state index in [1.165, 1.54) is 6.08 Å². The lowest BCUT2D eigenvalue weighted by molar-refractivity contribution is -0.209. The predicted molar refractivity (Wildman–Crippen MR) is 168 cm³/mol. The summed E-state index contributed by atoms with van der Waals surface area (Å²) >= 11 is 0. The van der Waals surface area contributed by atoms with E-state index < -0.39 is 59.4 Å². The first kappa shape index (κ1) is 33.8. The Balaban J connectivity index is 1.16. The van der Waals surface area contributed by atoms with Crippen LogP contribution in [-0.4, -0.2) is 91.3 Å². The van der Waals surface area contributed by atoms with Crippen LogP contribution in [0.4, 0.5) is 0 Å². The molecule has 0 radical (unpaired) electrons. The largest absolute Gasteiger partial charge is 0.462 e. The van der Waals surface area contributed by atoms with Gasteiger partial charge in [0.05, 0.1) is 12.2 Å². The third-order valence-corrected chi connectivity index (χ3v) is 9.36. The molecule has 4 fully saturated rings. The number of cyclic esters (lactones) is 1. The van der Waals surface area contributed by atoms with Gasteiger partial charge in [-0.2, -0.15) is 0 Å². The average Bonchev–Trinajstić information content (AvgIpc) is 4.01. The van der Waals surface area contributed by atoms with Crippen LogP contribution in [0.5, 0.6) is 0 Å². The van der Waals surface area contributed by atoms with Gasteiger partial charge in [0, 0.05) is 54.8 Å². The van der Waals surface area contributed by atoms with Crippen molar-refractivity contribution in [3.63, 3.8) is 0 Å². The fraction of sp³-hybridized carbons (Fsp3) is 0.571. The zero-order valence-corrected chi connectivity index (χ0v) is 27.1. The number of benzene rings is 1. The van der Waals surface area contributed by atoms with Crippen molar-refractivity contribution in [2.45, 2.75) is 82.6 Å². The summed E-state index contributed by atoms with van der Waals surface area (Å²) in [4.78, 5) is 63.6. The van der Waals surface area contributed by atoms with Crippen LogP contribution in [0.3, 0.4) is 0 Å². The first-order valence-electron chi connectivity index (χ1n) is 16.6. The number of hydrogen-bond donors (Lipinski definition) is 3. The van der Waals surface area contributed by atoms with Crippen molar-refractivity contribution in [3.8, 4) is 0 Å². The third-order valence-electron chi connectivity index (χ3n) is 9.36. The Kier molecular flexibility index (Phi) is 9.73. The minimum atomic E-state index is -1.04. The van der Waals surface area contributed by atoms with Gasteiger partial charge in [0.1, 0.15) is 24.9 Å². The van der Waals surface area contributed by atoms with Crippen molar-refractivity contribution < 1.29 is 52.8 Å². The van der Waals surface area contributed by atoms with Crippen molar-refractivity contribution in [2.75, 3.05) is 26.3 Å². The van der Waals surface area contributed by atoms with Crippen LogP contribution in [-0.2, 0) is 42.9 Å². The molecule has 2 amide bonds. The fourth-order valence-electron chi connectivity index (χ4n) is 6.53. The smallest absolute Gasteiger partial charge is 0.348 e. The molecule has 6 rings (SSSR count). The Morgan fingerprint density at radius 3 is 2.40 bits per heavy atom. The molecule has 2 heterocycles. The number of aliphatic hydroxyl groups is 1. The summed E-state index contributed by atoms with van der Waals surface area (Å²) in [5.74, 6) is -3.01. The quantitative estimate of drug-likeness (QED) is 0.159. The van der Waals surface area contributed by atoms with Crippen LogP contribution in [0.2, 0.25) is 0 Å². The van der Waals surface area contributed by atoms with E-state index in [-0.39, 0.29) is 62.5 Å². The van der Waals surface area contributed by atoms with Crippen molar-refractivity contribution in [3.05, 3.63) is 53.1 Å². The standard InChI is InChI=1S/C35H42N2O11/c1-34(2)19-44-33(43)30(34)46-28(40)12-7-20-5-3-4-6-24(20)32(42)45-25-17-21(31(41)37-14-13-27(39)36-15-16-38)18-26-29(25)48-35(47-26,22-8-9-22)23-10-11-23/h3-7,12,18,22-23,25-26,29-30,38H,8-11,13-17,19H2,1-2H3,(H,36,39)(H,37,41). The second kappa shape index (κ2) is 13.8. The van der Waals surface area contributed by atoms with E-state index in [9.17, 15) is 24.0 Å². The second-order valence-corrected chi connectivity index (χ2v) is 13.7. The van der Waals surface area contributed by atoms with Crippen LogP contribution in [0.1, 0.15) is 68.3 Å². The SMILES string of the molecule is CC1(C)COC(=O)C1OC(=O)C=Cc1ccccc1C(=O)OC1CC(C(=O)NCCC(=O)NCCO)=CC2OC(C3CC3)(C3CC3)OC21. The highest BCUT2D eigenvalue weighted by molar-refractivity contribution is 5.97. The summed E-state index contributed by atoms with van der Waals surface area (Å²) in [6, 6.07) is 6.59. The molecule has 258 valence electrons. The lowest BCUT2D eigenvalue weighted by atomic mass is 9.90. The number of esters is 3. The highest BCUT2D eigenvalue weighted by Crippen LogP contribution is 2.59. The van der Waals surface area contributed by atoms with Gasteiger partial charge in [-0.15, -0.1) is 0 Å². The average molecular weight is 667 g/mol. The number of carbonyl (C=O) groups excluding carboxylic acids is 5.